The summed E-state index contributed by atoms with van der Waals surface area (Å²) in [6, 6.07) is 15.9. The van der Waals surface area contributed by atoms with Crippen molar-refractivity contribution in [3.8, 4) is 11.1 Å². The highest BCUT2D eigenvalue weighted by Gasteiger charge is 2.36. The number of carbonyl (C=O) groups excluding carboxylic acids is 2. The quantitative estimate of drug-likeness (QED) is 0.395. The lowest BCUT2D eigenvalue weighted by Crippen LogP contribution is -2.55. The summed E-state index contributed by atoms with van der Waals surface area (Å²) in [5.41, 5.74) is 2.70. The molecule has 1 aromatic heterocycles. The number of aromatic nitrogens is 3. The van der Waals surface area contributed by atoms with Crippen LogP contribution < -0.4 is 10.6 Å². The number of amides is 2. The number of nitrogens with one attached hydrogen (secondary N) is 3. The summed E-state index contributed by atoms with van der Waals surface area (Å²) in [7, 11) is 1.32. The van der Waals surface area contributed by atoms with Crippen molar-refractivity contribution in [3.05, 3.63) is 65.5 Å². The van der Waals surface area contributed by atoms with Gasteiger partial charge in [-0.2, -0.15) is 4.98 Å². The fraction of sp³-hybridized carbons (Fsp3) is 0.261. The molecule has 4 N–H and O–H groups in total. The van der Waals surface area contributed by atoms with Crippen molar-refractivity contribution >= 4 is 23.9 Å². The Hall–Kier alpha value is -4.25. The number of rotatable bonds is 8. The number of aromatic amines is 1. The van der Waals surface area contributed by atoms with Gasteiger partial charge >= 0.3 is 12.1 Å². The van der Waals surface area contributed by atoms with Crippen molar-refractivity contribution in [3.63, 3.8) is 0 Å². The van der Waals surface area contributed by atoms with Gasteiger partial charge in [0.15, 0.2) is 5.54 Å². The summed E-state index contributed by atoms with van der Waals surface area (Å²) in [5, 5.41) is 20.1. The molecule has 11 heteroatoms. The van der Waals surface area contributed by atoms with Gasteiger partial charge in [0, 0.05) is 13.0 Å². The van der Waals surface area contributed by atoms with Crippen LogP contribution in [0.4, 0.5) is 10.7 Å². The van der Waals surface area contributed by atoms with E-state index in [2.05, 4.69) is 25.8 Å². The Morgan fingerprint density at radius 3 is 2.29 bits per heavy atom. The molecule has 0 aliphatic heterocycles. The monoisotopic (exact) mass is 465 g/mol. The van der Waals surface area contributed by atoms with E-state index in [0.717, 1.165) is 22.3 Å². The fourth-order valence-corrected chi connectivity index (χ4v) is 3.89. The standard InChI is InChI=1S/C23H23N5O6/c1-23(12-33-2,20(30)31)26-19(29)18-24-21(28-27-18)25-22(32)34-11-17-15-9-5-3-7-13(15)14-8-4-6-10-16(14)17/h3-10,17H,11-12H2,1-2H3,(H,26,29)(H,30,31)(H2,24,25,27,28,32). The second-order valence-corrected chi connectivity index (χ2v) is 7.98. The minimum Gasteiger partial charge on any atom is -0.479 e. The maximum absolute atomic E-state index is 12.4. The van der Waals surface area contributed by atoms with Gasteiger partial charge in [0.05, 0.1) is 6.61 Å². The van der Waals surface area contributed by atoms with Crippen molar-refractivity contribution in [1.29, 1.82) is 0 Å². The van der Waals surface area contributed by atoms with Gasteiger partial charge in [-0.15, -0.1) is 5.10 Å². The molecule has 1 aliphatic carbocycles. The number of anilines is 1. The number of hydrogen-bond acceptors (Lipinski definition) is 7. The van der Waals surface area contributed by atoms with Gasteiger partial charge in [-0.1, -0.05) is 48.5 Å². The van der Waals surface area contributed by atoms with Gasteiger partial charge in [0.1, 0.15) is 6.61 Å². The Morgan fingerprint density at radius 1 is 1.09 bits per heavy atom. The summed E-state index contributed by atoms with van der Waals surface area (Å²) in [4.78, 5) is 40.0. The molecule has 1 heterocycles. The van der Waals surface area contributed by atoms with Crippen LogP contribution in [0.25, 0.3) is 11.1 Å². The second kappa shape index (κ2) is 9.32. The number of carboxylic acid groups (broad SMARTS) is 1. The Balaban J connectivity index is 1.38. The van der Waals surface area contributed by atoms with Crippen molar-refractivity contribution in [2.75, 3.05) is 25.6 Å². The highest BCUT2D eigenvalue weighted by molar-refractivity contribution is 5.95. The van der Waals surface area contributed by atoms with Crippen molar-refractivity contribution < 1.29 is 29.0 Å². The highest BCUT2D eigenvalue weighted by atomic mass is 16.5. The van der Waals surface area contributed by atoms with Crippen LogP contribution in [0.15, 0.2) is 48.5 Å². The van der Waals surface area contributed by atoms with E-state index in [1.165, 1.54) is 14.0 Å². The fourth-order valence-electron chi connectivity index (χ4n) is 3.89. The third-order valence-corrected chi connectivity index (χ3v) is 5.55. The zero-order valence-electron chi connectivity index (χ0n) is 18.5. The largest absolute Gasteiger partial charge is 0.479 e. The lowest BCUT2D eigenvalue weighted by Gasteiger charge is -2.24. The molecule has 1 unspecified atom stereocenters. The number of aliphatic carboxylic acids is 1. The maximum atomic E-state index is 12.4. The number of fused-ring (bicyclic) bond motifs is 3. The number of methoxy groups -OCH3 is 1. The molecule has 4 rings (SSSR count). The molecule has 176 valence electrons. The van der Waals surface area contributed by atoms with Crippen LogP contribution in [0, 0.1) is 0 Å². The normalized spacial score (nSPS) is 13.9. The van der Waals surface area contributed by atoms with E-state index < -0.39 is 23.5 Å². The van der Waals surface area contributed by atoms with Gasteiger partial charge in [-0.25, -0.2) is 9.59 Å². The molecule has 3 aromatic rings. The van der Waals surface area contributed by atoms with E-state index in [0.29, 0.717) is 0 Å². The van der Waals surface area contributed by atoms with Crippen LogP contribution in [-0.4, -0.2) is 64.1 Å². The van der Waals surface area contributed by atoms with Crippen LogP contribution in [-0.2, 0) is 14.3 Å². The number of hydrogen-bond donors (Lipinski definition) is 4. The first kappa shape index (κ1) is 22.9. The Kier molecular flexibility index (Phi) is 6.28. The Morgan fingerprint density at radius 2 is 1.71 bits per heavy atom. The van der Waals surface area contributed by atoms with Gasteiger partial charge in [0.2, 0.25) is 5.82 Å². The molecular weight excluding hydrogens is 442 g/mol. The number of carbonyl (C=O) groups is 3. The molecule has 0 fully saturated rings. The zero-order valence-corrected chi connectivity index (χ0v) is 18.5. The predicted molar refractivity (Wildman–Crippen MR) is 120 cm³/mol. The summed E-state index contributed by atoms with van der Waals surface area (Å²) in [6.45, 7) is 1.14. The lowest BCUT2D eigenvalue weighted by molar-refractivity contribution is -0.145. The minimum atomic E-state index is -1.67. The van der Waals surface area contributed by atoms with E-state index in [1.807, 2.05) is 48.5 Å². The van der Waals surface area contributed by atoms with Crippen molar-refractivity contribution in [1.82, 2.24) is 20.5 Å². The number of ether oxygens (including phenoxy) is 2. The minimum absolute atomic E-state index is 0.103. The molecular formula is C23H23N5O6. The Bertz CT molecular complexity index is 1200. The van der Waals surface area contributed by atoms with Crippen molar-refractivity contribution in [2.45, 2.75) is 18.4 Å². The highest BCUT2D eigenvalue weighted by Crippen LogP contribution is 2.44. The van der Waals surface area contributed by atoms with Gasteiger partial charge < -0.3 is 19.9 Å². The first-order chi connectivity index (χ1) is 16.3. The summed E-state index contributed by atoms with van der Waals surface area (Å²) in [6.07, 6.45) is -0.789. The molecule has 0 radical (unpaired) electrons. The molecule has 0 saturated carbocycles. The van der Waals surface area contributed by atoms with Crippen LogP contribution in [0.5, 0.6) is 0 Å². The average Bonchev–Trinajstić information content (AvgIpc) is 3.40. The van der Waals surface area contributed by atoms with Crippen molar-refractivity contribution in [2.24, 2.45) is 0 Å². The van der Waals surface area contributed by atoms with Crippen LogP contribution in [0.2, 0.25) is 0 Å². The topological polar surface area (TPSA) is 156 Å². The second-order valence-electron chi connectivity index (χ2n) is 7.98. The molecule has 2 aromatic carbocycles. The first-order valence-electron chi connectivity index (χ1n) is 10.4. The van der Waals surface area contributed by atoms with E-state index >= 15 is 0 Å². The summed E-state index contributed by atoms with van der Waals surface area (Å²) < 4.78 is 10.3. The predicted octanol–water partition coefficient (Wildman–Crippen LogP) is 2.39. The molecule has 2 amide bonds. The smallest absolute Gasteiger partial charge is 0.414 e. The number of nitrogens with zero attached hydrogens (tertiary/aromatic N) is 2. The number of benzene rings is 2. The van der Waals surface area contributed by atoms with E-state index in [4.69, 9.17) is 9.47 Å². The number of H-pyrrole nitrogens is 1. The van der Waals surface area contributed by atoms with E-state index in [-0.39, 0.29) is 30.9 Å². The number of carboxylic acids is 1. The molecule has 11 nitrogen and oxygen atoms in total. The van der Waals surface area contributed by atoms with E-state index in [1.54, 1.807) is 0 Å². The lowest BCUT2D eigenvalue weighted by atomic mass is 9.98. The third-order valence-electron chi connectivity index (χ3n) is 5.55. The van der Waals surface area contributed by atoms with Crippen LogP contribution >= 0.6 is 0 Å². The Labute approximate surface area is 194 Å². The summed E-state index contributed by atoms with van der Waals surface area (Å²) in [5.74, 6) is -2.68. The summed E-state index contributed by atoms with van der Waals surface area (Å²) >= 11 is 0. The molecule has 0 bridgehead atoms. The molecule has 1 aliphatic rings. The molecule has 0 spiro atoms. The molecule has 0 saturated heterocycles. The SMILES string of the molecule is COCC(C)(NC(=O)c1nc(NC(=O)OCC2c3ccccc3-c3ccccc32)n[nH]1)C(=O)O. The molecule has 1 atom stereocenters. The zero-order chi connectivity index (χ0) is 24.3. The first-order valence-corrected chi connectivity index (χ1v) is 10.4. The maximum Gasteiger partial charge on any atom is 0.414 e. The van der Waals surface area contributed by atoms with Gasteiger partial charge in [-0.3, -0.25) is 15.2 Å². The van der Waals surface area contributed by atoms with Gasteiger partial charge in [-0.05, 0) is 29.2 Å². The van der Waals surface area contributed by atoms with Crippen LogP contribution in [0.1, 0.15) is 34.6 Å². The average molecular weight is 465 g/mol. The van der Waals surface area contributed by atoms with Crippen LogP contribution in [0.3, 0.4) is 0 Å². The van der Waals surface area contributed by atoms with E-state index in [9.17, 15) is 19.5 Å². The third kappa shape index (κ3) is 4.46. The molecule has 34 heavy (non-hydrogen) atoms. The van der Waals surface area contributed by atoms with Gasteiger partial charge in [0.25, 0.3) is 11.9 Å².